The van der Waals surface area contributed by atoms with Gasteiger partial charge in [-0.2, -0.15) is 0 Å². The monoisotopic (exact) mass is 281 g/mol. The van der Waals surface area contributed by atoms with Crippen molar-refractivity contribution in [2.75, 3.05) is 12.4 Å². The lowest BCUT2D eigenvalue weighted by Gasteiger charge is -2.10. The van der Waals surface area contributed by atoms with Crippen LogP contribution in [0, 0.1) is 6.92 Å². The first kappa shape index (κ1) is 13.2. The topological polar surface area (TPSA) is 63.6 Å². The molecule has 2 aromatic rings. The summed E-state index contributed by atoms with van der Waals surface area (Å²) in [5.74, 6) is 0.899. The molecule has 0 radical (unpaired) electrons. The summed E-state index contributed by atoms with van der Waals surface area (Å²) in [5, 5.41) is 13.2. The third-order valence-electron chi connectivity index (χ3n) is 2.33. The minimum atomic E-state index is 0.899. The van der Waals surface area contributed by atoms with Gasteiger partial charge < -0.3 is 5.32 Å². The van der Waals surface area contributed by atoms with Gasteiger partial charge in [-0.05, 0) is 25.1 Å². The second-order valence-electron chi connectivity index (χ2n) is 3.70. The van der Waals surface area contributed by atoms with Crippen molar-refractivity contribution in [3.05, 3.63) is 16.9 Å². The van der Waals surface area contributed by atoms with Gasteiger partial charge in [0.1, 0.15) is 22.2 Å². The Morgan fingerprint density at radius 1 is 1.33 bits per heavy atom. The van der Waals surface area contributed by atoms with E-state index in [1.165, 1.54) is 0 Å². The zero-order chi connectivity index (χ0) is 13.0. The maximum atomic E-state index is 4.36. The zero-order valence-electron chi connectivity index (χ0n) is 10.6. The van der Waals surface area contributed by atoms with Crippen molar-refractivity contribution in [2.45, 2.75) is 36.1 Å². The van der Waals surface area contributed by atoms with E-state index in [1.54, 1.807) is 29.4 Å². The van der Waals surface area contributed by atoms with Gasteiger partial charge in [0, 0.05) is 12.6 Å². The molecule has 96 valence electrons. The highest BCUT2D eigenvalue weighted by molar-refractivity contribution is 8.01. The molecule has 2 rings (SSSR count). The quantitative estimate of drug-likeness (QED) is 0.850. The summed E-state index contributed by atoms with van der Waals surface area (Å²) < 4.78 is 0.922. The van der Waals surface area contributed by atoms with Crippen LogP contribution in [0.15, 0.2) is 15.7 Å². The zero-order valence-corrected chi connectivity index (χ0v) is 12.2. The molecule has 0 spiro atoms. The van der Waals surface area contributed by atoms with Crippen LogP contribution in [-0.2, 0) is 6.42 Å². The Morgan fingerprint density at radius 3 is 2.78 bits per heavy atom. The Morgan fingerprint density at radius 2 is 2.17 bits per heavy atom. The van der Waals surface area contributed by atoms with E-state index in [0.29, 0.717) is 0 Å². The molecule has 7 heteroatoms. The molecule has 0 fully saturated rings. The summed E-state index contributed by atoms with van der Waals surface area (Å²) in [5.41, 5.74) is 1.15. The standard InChI is InChI=1S/C11H15N5S2/c1-4-5-8-9(12-3)13-6-14-10(8)18-11-16-15-7(2)17-11/h6H,4-5H2,1-3H3,(H,12,13,14). The molecule has 0 aliphatic heterocycles. The fourth-order valence-corrected chi connectivity index (χ4v) is 3.43. The van der Waals surface area contributed by atoms with E-state index in [2.05, 4.69) is 32.4 Å². The molecule has 5 nitrogen and oxygen atoms in total. The number of hydrogen-bond donors (Lipinski definition) is 1. The van der Waals surface area contributed by atoms with E-state index in [-0.39, 0.29) is 0 Å². The van der Waals surface area contributed by atoms with Gasteiger partial charge in [-0.3, -0.25) is 0 Å². The van der Waals surface area contributed by atoms with Crippen molar-refractivity contribution in [1.29, 1.82) is 0 Å². The van der Waals surface area contributed by atoms with Crippen molar-refractivity contribution < 1.29 is 0 Å². The number of rotatable bonds is 5. The normalized spacial score (nSPS) is 10.6. The van der Waals surface area contributed by atoms with E-state index in [4.69, 9.17) is 0 Å². The largest absolute Gasteiger partial charge is 0.373 e. The number of hydrogen-bond acceptors (Lipinski definition) is 7. The molecule has 2 aromatic heterocycles. The van der Waals surface area contributed by atoms with Gasteiger partial charge in [0.25, 0.3) is 0 Å². The molecule has 0 atom stereocenters. The van der Waals surface area contributed by atoms with Crippen LogP contribution in [0.2, 0.25) is 0 Å². The highest BCUT2D eigenvalue weighted by atomic mass is 32.2. The predicted molar refractivity (Wildman–Crippen MR) is 74.3 cm³/mol. The average molecular weight is 281 g/mol. The first-order valence-electron chi connectivity index (χ1n) is 5.74. The van der Waals surface area contributed by atoms with Crippen LogP contribution in [-0.4, -0.2) is 27.2 Å². The van der Waals surface area contributed by atoms with Gasteiger partial charge in [-0.25, -0.2) is 9.97 Å². The number of nitrogens with zero attached hydrogens (tertiary/aromatic N) is 4. The molecule has 0 saturated carbocycles. The Balaban J connectivity index is 2.31. The van der Waals surface area contributed by atoms with Crippen LogP contribution < -0.4 is 5.32 Å². The lowest BCUT2D eigenvalue weighted by Crippen LogP contribution is -2.02. The highest BCUT2D eigenvalue weighted by Gasteiger charge is 2.13. The number of aryl methyl sites for hydroxylation is 1. The van der Waals surface area contributed by atoms with Crippen LogP contribution in [0.1, 0.15) is 23.9 Å². The minimum Gasteiger partial charge on any atom is -0.373 e. The molecule has 0 aliphatic rings. The molecule has 0 unspecified atom stereocenters. The molecule has 18 heavy (non-hydrogen) atoms. The average Bonchev–Trinajstić information content (AvgIpc) is 2.77. The Kier molecular flexibility index (Phi) is 4.48. The third-order valence-corrected chi connectivity index (χ3v) is 4.27. The van der Waals surface area contributed by atoms with Crippen molar-refractivity contribution in [1.82, 2.24) is 20.2 Å². The molecule has 0 bridgehead atoms. The molecule has 0 amide bonds. The van der Waals surface area contributed by atoms with Crippen LogP contribution >= 0.6 is 23.1 Å². The van der Waals surface area contributed by atoms with Crippen LogP contribution in [0.3, 0.4) is 0 Å². The van der Waals surface area contributed by atoms with Gasteiger partial charge in [0.2, 0.25) is 0 Å². The van der Waals surface area contributed by atoms with E-state index in [0.717, 1.165) is 38.6 Å². The second-order valence-corrected chi connectivity index (χ2v) is 6.11. The summed E-state index contributed by atoms with van der Waals surface area (Å²) in [4.78, 5) is 8.62. The Hall–Kier alpha value is -1.21. The fourth-order valence-electron chi connectivity index (χ4n) is 1.58. The smallest absolute Gasteiger partial charge is 0.180 e. The fraction of sp³-hybridized carbons (Fsp3) is 0.455. The first-order chi connectivity index (χ1) is 8.74. The SMILES string of the molecule is CCCc1c(NC)ncnc1Sc1nnc(C)s1. The van der Waals surface area contributed by atoms with E-state index in [9.17, 15) is 0 Å². The Labute approximate surface area is 114 Å². The number of aromatic nitrogens is 4. The summed E-state index contributed by atoms with van der Waals surface area (Å²) in [6.45, 7) is 4.10. The van der Waals surface area contributed by atoms with Gasteiger partial charge in [-0.1, -0.05) is 24.7 Å². The van der Waals surface area contributed by atoms with E-state index in [1.807, 2.05) is 14.0 Å². The van der Waals surface area contributed by atoms with Crippen molar-refractivity contribution in [3.63, 3.8) is 0 Å². The van der Waals surface area contributed by atoms with Crippen molar-refractivity contribution >= 4 is 28.9 Å². The van der Waals surface area contributed by atoms with Gasteiger partial charge in [-0.15, -0.1) is 10.2 Å². The predicted octanol–water partition coefficient (Wildman–Crippen LogP) is 2.78. The lowest BCUT2D eigenvalue weighted by atomic mass is 10.2. The summed E-state index contributed by atoms with van der Waals surface area (Å²) in [7, 11) is 1.88. The molecular weight excluding hydrogens is 266 g/mol. The molecule has 2 heterocycles. The summed E-state index contributed by atoms with van der Waals surface area (Å²) in [6, 6.07) is 0. The second kappa shape index (κ2) is 6.10. The summed E-state index contributed by atoms with van der Waals surface area (Å²) in [6.07, 6.45) is 3.60. The number of anilines is 1. The maximum absolute atomic E-state index is 4.36. The van der Waals surface area contributed by atoms with E-state index >= 15 is 0 Å². The highest BCUT2D eigenvalue weighted by Crippen LogP contribution is 2.33. The molecule has 0 aromatic carbocycles. The van der Waals surface area contributed by atoms with Crippen molar-refractivity contribution in [3.8, 4) is 0 Å². The third kappa shape index (κ3) is 2.97. The number of nitrogens with one attached hydrogen (secondary N) is 1. The van der Waals surface area contributed by atoms with Crippen LogP contribution in [0.4, 0.5) is 5.82 Å². The molecular formula is C11H15N5S2. The van der Waals surface area contributed by atoms with Crippen molar-refractivity contribution in [2.24, 2.45) is 0 Å². The molecule has 0 aliphatic carbocycles. The molecule has 0 saturated heterocycles. The van der Waals surface area contributed by atoms with Gasteiger partial charge in [0.05, 0.1) is 0 Å². The minimum absolute atomic E-state index is 0.899. The van der Waals surface area contributed by atoms with Crippen LogP contribution in [0.25, 0.3) is 0 Å². The molecule has 1 N–H and O–H groups in total. The first-order valence-corrected chi connectivity index (χ1v) is 7.37. The lowest BCUT2D eigenvalue weighted by molar-refractivity contribution is 0.857. The van der Waals surface area contributed by atoms with Gasteiger partial charge in [0.15, 0.2) is 4.34 Å². The summed E-state index contributed by atoms with van der Waals surface area (Å²) >= 11 is 3.14. The Bertz CT molecular complexity index is 526. The van der Waals surface area contributed by atoms with E-state index < -0.39 is 0 Å². The maximum Gasteiger partial charge on any atom is 0.180 e. The van der Waals surface area contributed by atoms with Gasteiger partial charge >= 0.3 is 0 Å². The van der Waals surface area contributed by atoms with Crippen LogP contribution in [0.5, 0.6) is 0 Å².